The van der Waals surface area contributed by atoms with Crippen LogP contribution < -0.4 is 19.5 Å². The number of rotatable bonds is 12. The van der Waals surface area contributed by atoms with Crippen molar-refractivity contribution in [2.24, 2.45) is 0 Å². The zero-order valence-corrected chi connectivity index (χ0v) is 16.9. The molecule has 2 aromatic carbocycles. The predicted octanol–water partition coefficient (Wildman–Crippen LogP) is 4.04. The maximum atomic E-state index is 12.5. The first-order valence-corrected chi connectivity index (χ1v) is 9.40. The molecule has 0 saturated carbocycles. The Bertz CT molecular complexity index is 825. The molecule has 0 heterocycles. The molecular weight excluding hydrogens is 396 g/mol. The molecule has 0 aliphatic carbocycles. The Labute approximate surface area is 174 Å². The zero-order chi connectivity index (χ0) is 21.8. The molecule has 0 radical (unpaired) electrons. The molecule has 2 rings (SSSR count). The van der Waals surface area contributed by atoms with Crippen molar-refractivity contribution in [2.75, 3.05) is 26.9 Å². The number of carbonyl (C=O) groups excluding carboxylic acids is 1. The quantitative estimate of drug-likeness (QED) is 0.414. The van der Waals surface area contributed by atoms with E-state index in [1.807, 2.05) is 24.3 Å². The van der Waals surface area contributed by atoms with E-state index in [1.165, 1.54) is 18.2 Å². The molecule has 0 unspecified atom stereocenters. The Balaban J connectivity index is 1.88. The van der Waals surface area contributed by atoms with Crippen LogP contribution in [0.1, 0.15) is 18.1 Å². The first-order valence-electron chi connectivity index (χ1n) is 9.40. The summed E-state index contributed by atoms with van der Waals surface area (Å²) >= 11 is 0. The van der Waals surface area contributed by atoms with Gasteiger partial charge in [0.25, 0.3) is 0 Å². The van der Waals surface area contributed by atoms with Crippen LogP contribution in [0.5, 0.6) is 17.2 Å². The lowest BCUT2D eigenvalue weighted by molar-refractivity contribution is -0.116. The Hall–Kier alpha value is -3.13. The van der Waals surface area contributed by atoms with E-state index in [0.29, 0.717) is 31.9 Å². The summed E-state index contributed by atoms with van der Waals surface area (Å²) in [6.07, 6.45) is 2.93. The SMILES string of the molecule is CCOc1cc(/C=C/C(=O)NCc2ccc(OCCOC)cc2)ccc1OC(F)F. The highest BCUT2D eigenvalue weighted by Gasteiger charge is 2.11. The highest BCUT2D eigenvalue weighted by molar-refractivity contribution is 5.91. The van der Waals surface area contributed by atoms with E-state index >= 15 is 0 Å². The standard InChI is InChI=1S/C22H25F2NO5/c1-3-28-20-14-16(6-10-19(20)30-22(23)24)7-11-21(26)25-15-17-4-8-18(9-5-17)29-13-12-27-2/h4-11,14,22H,3,12-13,15H2,1-2H3,(H,25,26)/b11-7+. The molecular formula is C22H25F2NO5. The number of benzene rings is 2. The number of halogens is 2. The van der Waals surface area contributed by atoms with Gasteiger partial charge in [0.05, 0.1) is 13.2 Å². The number of carbonyl (C=O) groups is 1. The molecule has 8 heteroatoms. The Morgan fingerprint density at radius 2 is 1.83 bits per heavy atom. The van der Waals surface area contributed by atoms with Crippen LogP contribution in [0.4, 0.5) is 8.78 Å². The second kappa shape index (κ2) is 12.4. The number of amides is 1. The summed E-state index contributed by atoms with van der Waals surface area (Å²) in [5.41, 5.74) is 1.54. The van der Waals surface area contributed by atoms with Crippen molar-refractivity contribution in [1.82, 2.24) is 5.32 Å². The van der Waals surface area contributed by atoms with Crippen molar-refractivity contribution in [2.45, 2.75) is 20.1 Å². The molecule has 0 bridgehead atoms. The van der Waals surface area contributed by atoms with Gasteiger partial charge in [-0.05, 0) is 48.4 Å². The number of hydrogen-bond donors (Lipinski definition) is 1. The molecule has 1 amide bonds. The number of nitrogens with one attached hydrogen (secondary N) is 1. The highest BCUT2D eigenvalue weighted by Crippen LogP contribution is 2.30. The van der Waals surface area contributed by atoms with Crippen LogP contribution in [0.2, 0.25) is 0 Å². The van der Waals surface area contributed by atoms with Crippen LogP contribution in [-0.4, -0.2) is 39.4 Å². The van der Waals surface area contributed by atoms with Gasteiger partial charge < -0.3 is 24.3 Å². The van der Waals surface area contributed by atoms with Gasteiger partial charge in [0, 0.05) is 19.7 Å². The number of ether oxygens (including phenoxy) is 4. The monoisotopic (exact) mass is 421 g/mol. The molecule has 1 N–H and O–H groups in total. The molecule has 0 aromatic heterocycles. The maximum absolute atomic E-state index is 12.5. The second-order valence-electron chi connectivity index (χ2n) is 6.05. The first kappa shape index (κ1) is 23.2. The molecule has 0 aliphatic rings. The van der Waals surface area contributed by atoms with Gasteiger partial charge in [0.15, 0.2) is 11.5 Å². The summed E-state index contributed by atoms with van der Waals surface area (Å²) < 4.78 is 45.1. The van der Waals surface area contributed by atoms with Gasteiger partial charge in [-0.25, -0.2) is 0 Å². The summed E-state index contributed by atoms with van der Waals surface area (Å²) in [6.45, 7) is 0.425. The molecule has 30 heavy (non-hydrogen) atoms. The third kappa shape index (κ3) is 8.08. The molecule has 0 aliphatic heterocycles. The van der Waals surface area contributed by atoms with Gasteiger partial charge >= 0.3 is 6.61 Å². The summed E-state index contributed by atoms with van der Waals surface area (Å²) in [5.74, 6) is 0.573. The van der Waals surface area contributed by atoms with Gasteiger partial charge in [-0.2, -0.15) is 8.78 Å². The van der Waals surface area contributed by atoms with Crippen LogP contribution in [0.3, 0.4) is 0 Å². The predicted molar refractivity (Wildman–Crippen MR) is 109 cm³/mol. The van der Waals surface area contributed by atoms with Crippen LogP contribution >= 0.6 is 0 Å². The minimum Gasteiger partial charge on any atom is -0.491 e. The maximum Gasteiger partial charge on any atom is 0.387 e. The van der Waals surface area contributed by atoms with Crippen molar-refractivity contribution in [3.8, 4) is 17.2 Å². The van der Waals surface area contributed by atoms with E-state index in [1.54, 1.807) is 26.2 Å². The Morgan fingerprint density at radius 3 is 2.50 bits per heavy atom. The molecule has 2 aromatic rings. The number of hydrogen-bond acceptors (Lipinski definition) is 5. The van der Waals surface area contributed by atoms with E-state index in [2.05, 4.69) is 10.1 Å². The number of methoxy groups -OCH3 is 1. The minimum absolute atomic E-state index is 0.0527. The van der Waals surface area contributed by atoms with E-state index in [9.17, 15) is 13.6 Å². The largest absolute Gasteiger partial charge is 0.491 e. The van der Waals surface area contributed by atoms with Crippen LogP contribution in [0.25, 0.3) is 6.08 Å². The van der Waals surface area contributed by atoms with E-state index in [-0.39, 0.29) is 17.4 Å². The summed E-state index contributed by atoms with van der Waals surface area (Å²) in [6, 6.07) is 11.9. The van der Waals surface area contributed by atoms with Crippen molar-refractivity contribution in [1.29, 1.82) is 0 Å². The van der Waals surface area contributed by atoms with Crippen LogP contribution in [0, 0.1) is 0 Å². The average Bonchev–Trinajstić information content (AvgIpc) is 2.73. The van der Waals surface area contributed by atoms with Crippen LogP contribution in [0.15, 0.2) is 48.5 Å². The van der Waals surface area contributed by atoms with Crippen LogP contribution in [-0.2, 0) is 16.1 Å². The van der Waals surface area contributed by atoms with Crippen molar-refractivity contribution >= 4 is 12.0 Å². The Kier molecular flexibility index (Phi) is 9.60. The average molecular weight is 421 g/mol. The molecule has 162 valence electrons. The first-order chi connectivity index (χ1) is 14.5. The normalized spacial score (nSPS) is 11.0. The third-order valence-electron chi connectivity index (χ3n) is 3.86. The summed E-state index contributed by atoms with van der Waals surface area (Å²) in [5, 5.41) is 2.78. The minimum atomic E-state index is -2.94. The van der Waals surface area contributed by atoms with Gasteiger partial charge in [-0.1, -0.05) is 18.2 Å². The lowest BCUT2D eigenvalue weighted by atomic mass is 10.2. The Morgan fingerprint density at radius 1 is 1.07 bits per heavy atom. The fraction of sp³-hybridized carbons (Fsp3) is 0.318. The van der Waals surface area contributed by atoms with Crippen molar-refractivity contribution in [3.05, 3.63) is 59.7 Å². The molecule has 6 nitrogen and oxygen atoms in total. The topological polar surface area (TPSA) is 66.0 Å². The number of alkyl halides is 2. The lowest BCUT2D eigenvalue weighted by Gasteiger charge is -2.11. The smallest absolute Gasteiger partial charge is 0.387 e. The highest BCUT2D eigenvalue weighted by atomic mass is 19.3. The van der Waals surface area contributed by atoms with Gasteiger partial charge in [0.2, 0.25) is 5.91 Å². The molecule has 0 fully saturated rings. The second-order valence-corrected chi connectivity index (χ2v) is 6.05. The van der Waals surface area contributed by atoms with Gasteiger partial charge in [-0.3, -0.25) is 4.79 Å². The zero-order valence-electron chi connectivity index (χ0n) is 16.9. The van der Waals surface area contributed by atoms with Gasteiger partial charge in [0.1, 0.15) is 12.4 Å². The molecule has 0 saturated heterocycles. The van der Waals surface area contributed by atoms with E-state index < -0.39 is 6.61 Å². The molecule has 0 spiro atoms. The summed E-state index contributed by atoms with van der Waals surface area (Å²) in [7, 11) is 1.61. The van der Waals surface area contributed by atoms with Crippen molar-refractivity contribution in [3.63, 3.8) is 0 Å². The fourth-order valence-electron chi connectivity index (χ4n) is 2.46. The molecule has 0 atom stereocenters. The van der Waals surface area contributed by atoms with Crippen molar-refractivity contribution < 1.29 is 32.5 Å². The van der Waals surface area contributed by atoms with Gasteiger partial charge in [-0.15, -0.1) is 0 Å². The summed E-state index contributed by atoms with van der Waals surface area (Å²) in [4.78, 5) is 12.1. The van der Waals surface area contributed by atoms with E-state index in [0.717, 1.165) is 11.3 Å². The lowest BCUT2D eigenvalue weighted by Crippen LogP contribution is -2.20. The third-order valence-corrected chi connectivity index (χ3v) is 3.86. The van der Waals surface area contributed by atoms with E-state index in [4.69, 9.17) is 14.2 Å². The fourth-order valence-corrected chi connectivity index (χ4v) is 2.46.